The van der Waals surface area contributed by atoms with Gasteiger partial charge in [0, 0.05) is 36.6 Å². The summed E-state index contributed by atoms with van der Waals surface area (Å²) in [5.74, 6) is -0.287. The molecule has 2 aromatic carbocycles. The molecular formula is C24H22N6O2. The van der Waals surface area contributed by atoms with Crippen LogP contribution >= 0.6 is 0 Å². The van der Waals surface area contributed by atoms with Gasteiger partial charge in [-0.2, -0.15) is 5.10 Å². The van der Waals surface area contributed by atoms with Gasteiger partial charge >= 0.3 is 0 Å². The van der Waals surface area contributed by atoms with Crippen molar-refractivity contribution in [3.63, 3.8) is 0 Å². The molecule has 0 radical (unpaired) electrons. The first-order valence-electron chi connectivity index (χ1n) is 10.4. The van der Waals surface area contributed by atoms with Gasteiger partial charge in [-0.05, 0) is 17.2 Å². The molecule has 0 saturated carbocycles. The number of hydrogen-bond donors (Lipinski definition) is 2. The summed E-state index contributed by atoms with van der Waals surface area (Å²) in [7, 11) is 1.72. The van der Waals surface area contributed by atoms with Crippen molar-refractivity contribution in [3.05, 3.63) is 94.8 Å². The Kier molecular flexibility index (Phi) is 5.03. The van der Waals surface area contributed by atoms with E-state index in [-0.39, 0.29) is 23.9 Å². The van der Waals surface area contributed by atoms with Crippen molar-refractivity contribution in [2.75, 3.05) is 6.54 Å². The first-order chi connectivity index (χ1) is 15.6. The number of aromatic nitrogens is 5. The maximum absolute atomic E-state index is 12.7. The summed E-state index contributed by atoms with van der Waals surface area (Å²) >= 11 is 0. The normalized spacial score (nSPS) is 12.3. The van der Waals surface area contributed by atoms with E-state index in [1.54, 1.807) is 7.05 Å². The molecule has 0 aliphatic heterocycles. The Balaban J connectivity index is 1.38. The minimum atomic E-state index is -0.283. The fourth-order valence-electron chi connectivity index (χ4n) is 4.08. The third-order valence-electron chi connectivity index (χ3n) is 5.73. The van der Waals surface area contributed by atoms with Crippen LogP contribution in [0.3, 0.4) is 0 Å². The molecule has 2 N–H and O–H groups in total. The summed E-state index contributed by atoms with van der Waals surface area (Å²) in [6.07, 6.45) is 4.86. The molecular weight excluding hydrogens is 404 g/mol. The molecule has 3 heterocycles. The van der Waals surface area contributed by atoms with E-state index in [0.717, 1.165) is 22.0 Å². The van der Waals surface area contributed by atoms with E-state index in [1.807, 2.05) is 42.6 Å². The van der Waals surface area contributed by atoms with Gasteiger partial charge in [0.2, 0.25) is 5.91 Å². The van der Waals surface area contributed by atoms with Gasteiger partial charge in [0.05, 0.1) is 6.20 Å². The van der Waals surface area contributed by atoms with Crippen molar-refractivity contribution in [3.8, 4) is 0 Å². The third-order valence-corrected chi connectivity index (χ3v) is 5.73. The topological polar surface area (TPSA) is 97.6 Å². The second-order valence-electron chi connectivity index (χ2n) is 7.74. The minimum Gasteiger partial charge on any atom is -0.361 e. The molecule has 8 nitrogen and oxygen atoms in total. The van der Waals surface area contributed by atoms with Gasteiger partial charge in [-0.1, -0.05) is 48.5 Å². The van der Waals surface area contributed by atoms with E-state index in [9.17, 15) is 9.59 Å². The lowest BCUT2D eigenvalue weighted by Crippen LogP contribution is -2.35. The Morgan fingerprint density at radius 2 is 1.88 bits per heavy atom. The highest BCUT2D eigenvalue weighted by Crippen LogP contribution is 2.30. The second-order valence-corrected chi connectivity index (χ2v) is 7.74. The van der Waals surface area contributed by atoms with E-state index >= 15 is 0 Å². The number of H-pyrrole nitrogens is 1. The van der Waals surface area contributed by atoms with Crippen LogP contribution in [0.2, 0.25) is 0 Å². The van der Waals surface area contributed by atoms with Crippen LogP contribution in [0.4, 0.5) is 0 Å². The number of aryl methyl sites for hydroxylation is 1. The predicted octanol–water partition coefficient (Wildman–Crippen LogP) is 2.56. The molecule has 0 spiro atoms. The average molecular weight is 426 g/mol. The van der Waals surface area contributed by atoms with Crippen molar-refractivity contribution in [1.29, 1.82) is 0 Å². The molecule has 1 atom stereocenters. The van der Waals surface area contributed by atoms with Crippen LogP contribution in [0.5, 0.6) is 0 Å². The maximum atomic E-state index is 12.7. The molecule has 0 fully saturated rings. The Bertz CT molecular complexity index is 1460. The number of nitrogens with one attached hydrogen (secondary N) is 2. The van der Waals surface area contributed by atoms with Crippen LogP contribution in [0.15, 0.2) is 78.1 Å². The molecule has 0 unspecified atom stereocenters. The van der Waals surface area contributed by atoms with Crippen LogP contribution in [0.25, 0.3) is 21.9 Å². The van der Waals surface area contributed by atoms with Gasteiger partial charge in [0.15, 0.2) is 5.65 Å². The molecule has 160 valence electrons. The molecule has 1 amide bonds. The highest BCUT2D eigenvalue weighted by molar-refractivity contribution is 5.84. The van der Waals surface area contributed by atoms with Gasteiger partial charge in [-0.15, -0.1) is 0 Å². The molecule has 8 heteroatoms. The lowest BCUT2D eigenvalue weighted by atomic mass is 9.91. The summed E-state index contributed by atoms with van der Waals surface area (Å²) in [6.45, 7) is 0.300. The molecule has 0 aliphatic rings. The Labute approximate surface area is 183 Å². The molecule has 5 aromatic rings. The quantitative estimate of drug-likeness (QED) is 0.436. The average Bonchev–Trinajstić information content (AvgIpc) is 3.41. The Morgan fingerprint density at radius 1 is 1.09 bits per heavy atom. The number of carbonyl (C=O) groups excluding carboxylic acids is 1. The molecule has 32 heavy (non-hydrogen) atoms. The zero-order chi connectivity index (χ0) is 22.1. The summed E-state index contributed by atoms with van der Waals surface area (Å²) in [6, 6.07) is 18.2. The summed E-state index contributed by atoms with van der Waals surface area (Å²) < 4.78 is 2.84. The maximum Gasteiger partial charge on any atom is 0.264 e. The van der Waals surface area contributed by atoms with Gasteiger partial charge in [-0.3, -0.25) is 18.8 Å². The predicted molar refractivity (Wildman–Crippen MR) is 122 cm³/mol. The van der Waals surface area contributed by atoms with Crippen LogP contribution in [-0.4, -0.2) is 36.8 Å². The van der Waals surface area contributed by atoms with Gasteiger partial charge < -0.3 is 10.3 Å². The molecule has 0 saturated heterocycles. The fraction of sp³-hybridized carbons (Fsp3) is 0.167. The van der Waals surface area contributed by atoms with Gasteiger partial charge in [0.1, 0.15) is 18.3 Å². The monoisotopic (exact) mass is 426 g/mol. The highest BCUT2D eigenvalue weighted by Gasteiger charge is 2.19. The van der Waals surface area contributed by atoms with Crippen molar-refractivity contribution in [2.45, 2.75) is 12.5 Å². The van der Waals surface area contributed by atoms with Gasteiger partial charge in [0.25, 0.3) is 5.56 Å². The number of aromatic amines is 1. The fourth-order valence-corrected chi connectivity index (χ4v) is 4.08. The second kappa shape index (κ2) is 8.14. The van der Waals surface area contributed by atoms with E-state index in [1.165, 1.54) is 21.8 Å². The summed E-state index contributed by atoms with van der Waals surface area (Å²) in [4.78, 5) is 33.0. The molecule has 0 bridgehead atoms. The van der Waals surface area contributed by atoms with Crippen LogP contribution in [-0.2, 0) is 18.4 Å². The van der Waals surface area contributed by atoms with Crippen molar-refractivity contribution in [1.82, 2.24) is 29.6 Å². The highest BCUT2D eigenvalue weighted by atomic mass is 16.2. The number of hydrogen-bond acceptors (Lipinski definition) is 4. The summed E-state index contributed by atoms with van der Waals surface area (Å²) in [5.41, 5.74) is 3.48. The van der Waals surface area contributed by atoms with E-state index < -0.39 is 0 Å². The Morgan fingerprint density at radius 3 is 2.72 bits per heavy atom. The van der Waals surface area contributed by atoms with E-state index in [0.29, 0.717) is 17.6 Å². The lowest BCUT2D eigenvalue weighted by Gasteiger charge is -2.18. The standard InChI is InChI=1S/C24H22N6O2/c1-29-23-20(13-28-29)24(32)30(15-27-23)14-22(31)26-11-18(16-7-3-2-4-8-16)19-12-25-21-10-6-5-9-17(19)21/h2-10,12-13,15,18,25H,11,14H2,1H3,(H,26,31)/t18-/m1/s1. The number of rotatable bonds is 6. The van der Waals surface area contributed by atoms with Crippen molar-refractivity contribution in [2.24, 2.45) is 7.05 Å². The van der Waals surface area contributed by atoms with Crippen molar-refractivity contribution < 1.29 is 4.79 Å². The van der Waals surface area contributed by atoms with Crippen molar-refractivity contribution >= 4 is 27.8 Å². The van der Waals surface area contributed by atoms with Gasteiger partial charge in [-0.25, -0.2) is 4.98 Å². The van der Waals surface area contributed by atoms with Crippen LogP contribution in [0.1, 0.15) is 17.0 Å². The number of benzene rings is 2. The summed E-state index contributed by atoms with van der Waals surface area (Å²) in [5, 5.41) is 8.58. The smallest absolute Gasteiger partial charge is 0.264 e. The minimum absolute atomic E-state index is 0.0352. The molecule has 0 aliphatic carbocycles. The third kappa shape index (κ3) is 3.56. The Hall–Kier alpha value is -4.20. The lowest BCUT2D eigenvalue weighted by molar-refractivity contribution is -0.121. The van der Waals surface area contributed by atoms with Crippen LogP contribution < -0.4 is 10.9 Å². The molecule has 5 rings (SSSR count). The zero-order valence-corrected chi connectivity index (χ0v) is 17.5. The first kappa shape index (κ1) is 19.7. The SMILES string of the molecule is Cn1ncc2c(=O)n(CC(=O)NC[C@H](c3ccccc3)c3c[nH]c4ccccc34)cnc21. The van der Waals surface area contributed by atoms with E-state index in [4.69, 9.17) is 0 Å². The molecule has 3 aromatic heterocycles. The first-order valence-corrected chi connectivity index (χ1v) is 10.4. The van der Waals surface area contributed by atoms with E-state index in [2.05, 4.69) is 38.6 Å². The number of carbonyl (C=O) groups is 1. The number of para-hydroxylation sites is 1. The number of amides is 1. The largest absolute Gasteiger partial charge is 0.361 e. The number of nitrogens with zero attached hydrogens (tertiary/aromatic N) is 4. The van der Waals surface area contributed by atoms with Crippen LogP contribution in [0, 0.1) is 0 Å². The number of fused-ring (bicyclic) bond motifs is 2. The zero-order valence-electron chi connectivity index (χ0n) is 17.5.